The van der Waals surface area contributed by atoms with Crippen LogP contribution in [0, 0.1) is 12.3 Å². The predicted octanol–water partition coefficient (Wildman–Crippen LogP) is -0.985. The van der Waals surface area contributed by atoms with E-state index in [0.717, 1.165) is 5.92 Å². The zero-order valence-corrected chi connectivity index (χ0v) is 5.28. The summed E-state index contributed by atoms with van der Waals surface area (Å²) < 4.78 is 0. The van der Waals surface area contributed by atoms with Crippen molar-refractivity contribution in [2.24, 2.45) is 5.92 Å². The summed E-state index contributed by atoms with van der Waals surface area (Å²) in [6.45, 7) is 2.28. The van der Waals surface area contributed by atoms with Crippen LogP contribution in [0.15, 0.2) is 0 Å². The molecule has 0 heterocycles. The van der Waals surface area contributed by atoms with Gasteiger partial charge in [-0.3, -0.25) is 0 Å². The van der Waals surface area contributed by atoms with Gasteiger partial charge in [-0.1, -0.05) is 19.8 Å². The molecule has 1 aliphatic carbocycles. The van der Waals surface area contributed by atoms with Crippen molar-refractivity contribution in [3.05, 3.63) is 6.42 Å². The average molecular weight is 90.1 g/mol. The Morgan fingerprint density at radius 1 is 1.57 bits per heavy atom. The van der Waals surface area contributed by atoms with Crippen LogP contribution in [0.1, 0.15) is 26.2 Å². The van der Waals surface area contributed by atoms with Crippen LogP contribution < -0.4 is 18.9 Å². The molecule has 1 atom stereocenters. The maximum atomic E-state index is 2.40. The molecule has 1 fully saturated rings. The van der Waals surface area contributed by atoms with E-state index in [1.54, 1.807) is 0 Å². The second-order valence-electron chi connectivity index (χ2n) is 2.14. The monoisotopic (exact) mass is 90.1 g/mol. The molecule has 0 N–H and O–H groups in total. The van der Waals surface area contributed by atoms with E-state index < -0.39 is 0 Å². The van der Waals surface area contributed by atoms with Gasteiger partial charge >= 0.3 is 18.9 Å². The maximum Gasteiger partial charge on any atom is 1.00 e. The van der Waals surface area contributed by atoms with Crippen molar-refractivity contribution in [3.8, 4) is 0 Å². The van der Waals surface area contributed by atoms with Gasteiger partial charge in [-0.15, -0.1) is 0 Å². The molecule has 1 saturated carbocycles. The van der Waals surface area contributed by atoms with Gasteiger partial charge in [0, 0.05) is 0 Å². The summed E-state index contributed by atoms with van der Waals surface area (Å²) in [6.07, 6.45) is 6.63. The first-order chi connectivity index (χ1) is 2.89. The minimum Gasteiger partial charge on any atom is -0.326 e. The van der Waals surface area contributed by atoms with E-state index in [1.807, 2.05) is 0 Å². The zero-order valence-electron chi connectivity index (χ0n) is 5.28. The Bertz CT molecular complexity index is 37.4. The van der Waals surface area contributed by atoms with Crippen molar-refractivity contribution in [2.75, 3.05) is 0 Å². The molecule has 7 heavy (non-hydrogen) atoms. The van der Waals surface area contributed by atoms with E-state index in [2.05, 4.69) is 13.3 Å². The van der Waals surface area contributed by atoms with Gasteiger partial charge in [0.1, 0.15) is 0 Å². The van der Waals surface area contributed by atoms with Gasteiger partial charge in [-0.05, 0) is 0 Å². The van der Waals surface area contributed by atoms with E-state index in [9.17, 15) is 0 Å². The zero-order chi connectivity index (χ0) is 4.41. The van der Waals surface area contributed by atoms with Crippen LogP contribution in [0.5, 0.6) is 0 Å². The quantitative estimate of drug-likeness (QED) is 0.265. The average Bonchev–Trinajstić information content (AvgIpc) is 1.86. The number of hydrogen-bond donors (Lipinski definition) is 0. The van der Waals surface area contributed by atoms with Gasteiger partial charge in [-0.2, -0.15) is 12.3 Å². The molecule has 1 rings (SSSR count). The fourth-order valence-electron chi connectivity index (χ4n) is 0.960. The van der Waals surface area contributed by atoms with Gasteiger partial charge in [0.05, 0.1) is 0 Å². The Kier molecular flexibility index (Phi) is 3.89. The first-order valence-corrected chi connectivity index (χ1v) is 2.73. The third kappa shape index (κ3) is 2.42. The fourth-order valence-corrected chi connectivity index (χ4v) is 0.960. The Hall–Kier alpha value is 0.597. The minimum atomic E-state index is 0. The molecular formula is C6H11Li. The van der Waals surface area contributed by atoms with E-state index in [4.69, 9.17) is 0 Å². The normalized spacial score (nSPS) is 29.6. The molecule has 0 aromatic heterocycles. The minimum absolute atomic E-state index is 0. The molecule has 0 saturated heterocycles. The van der Waals surface area contributed by atoms with Gasteiger partial charge in [0.2, 0.25) is 0 Å². The predicted molar refractivity (Wildman–Crippen MR) is 27.3 cm³/mol. The summed E-state index contributed by atoms with van der Waals surface area (Å²) in [7, 11) is 0. The van der Waals surface area contributed by atoms with Gasteiger partial charge in [-0.25, -0.2) is 0 Å². The van der Waals surface area contributed by atoms with E-state index in [-0.39, 0.29) is 18.9 Å². The second kappa shape index (κ2) is 3.58. The Labute approximate surface area is 57.9 Å². The third-order valence-corrected chi connectivity index (χ3v) is 1.43. The van der Waals surface area contributed by atoms with Gasteiger partial charge < -0.3 is 6.42 Å². The summed E-state index contributed by atoms with van der Waals surface area (Å²) >= 11 is 0. The molecule has 0 nitrogen and oxygen atoms in total. The largest absolute Gasteiger partial charge is 1.00 e. The Balaban J connectivity index is 0.000000360. The van der Waals surface area contributed by atoms with Crippen LogP contribution in [0.3, 0.4) is 0 Å². The molecular weight excluding hydrogens is 79.0 g/mol. The molecule has 1 unspecified atom stereocenters. The second-order valence-corrected chi connectivity index (χ2v) is 2.14. The first kappa shape index (κ1) is 7.60. The molecule has 0 aliphatic heterocycles. The molecule has 0 aromatic rings. The van der Waals surface area contributed by atoms with Crippen LogP contribution in [0.2, 0.25) is 0 Å². The summed E-state index contributed by atoms with van der Waals surface area (Å²) in [5.41, 5.74) is 0. The standard InChI is InChI=1S/C6H11.Li/c1-6-4-2-3-5-6;/h4,6H,2-3,5H2,1H3;/q-1;+1. The summed E-state index contributed by atoms with van der Waals surface area (Å²) in [5, 5.41) is 0. The molecule has 0 radical (unpaired) electrons. The van der Waals surface area contributed by atoms with Crippen molar-refractivity contribution in [1.82, 2.24) is 0 Å². The van der Waals surface area contributed by atoms with Crippen LogP contribution >= 0.6 is 0 Å². The molecule has 0 spiro atoms. The molecule has 0 aromatic carbocycles. The van der Waals surface area contributed by atoms with Gasteiger partial charge in [0.15, 0.2) is 0 Å². The van der Waals surface area contributed by atoms with Crippen LogP contribution in [0.25, 0.3) is 0 Å². The molecule has 0 amide bonds. The topological polar surface area (TPSA) is 0 Å². The molecule has 1 aliphatic rings. The summed E-state index contributed by atoms with van der Waals surface area (Å²) in [6, 6.07) is 0. The smallest absolute Gasteiger partial charge is 0.326 e. The van der Waals surface area contributed by atoms with Crippen LogP contribution in [0.4, 0.5) is 0 Å². The van der Waals surface area contributed by atoms with E-state index >= 15 is 0 Å². The summed E-state index contributed by atoms with van der Waals surface area (Å²) in [4.78, 5) is 0. The fraction of sp³-hybridized carbons (Fsp3) is 0.833. The summed E-state index contributed by atoms with van der Waals surface area (Å²) in [5.74, 6) is 0.921. The van der Waals surface area contributed by atoms with Crippen molar-refractivity contribution < 1.29 is 18.9 Å². The van der Waals surface area contributed by atoms with Crippen LogP contribution in [-0.2, 0) is 0 Å². The van der Waals surface area contributed by atoms with Crippen molar-refractivity contribution >= 4 is 0 Å². The Morgan fingerprint density at radius 2 is 2.29 bits per heavy atom. The van der Waals surface area contributed by atoms with Crippen molar-refractivity contribution in [2.45, 2.75) is 26.2 Å². The SMILES string of the molecule is CC1[CH-]CCC1.[Li+]. The number of rotatable bonds is 0. The molecule has 36 valence electrons. The van der Waals surface area contributed by atoms with Crippen LogP contribution in [-0.4, -0.2) is 0 Å². The molecule has 0 bridgehead atoms. The third-order valence-electron chi connectivity index (χ3n) is 1.43. The number of hydrogen-bond acceptors (Lipinski definition) is 0. The Morgan fingerprint density at radius 3 is 2.43 bits per heavy atom. The van der Waals surface area contributed by atoms with Crippen molar-refractivity contribution in [1.29, 1.82) is 0 Å². The van der Waals surface area contributed by atoms with E-state index in [0.29, 0.717) is 0 Å². The molecule has 1 heteroatoms. The van der Waals surface area contributed by atoms with Gasteiger partial charge in [0.25, 0.3) is 0 Å². The van der Waals surface area contributed by atoms with E-state index in [1.165, 1.54) is 19.3 Å². The van der Waals surface area contributed by atoms with Crippen molar-refractivity contribution in [3.63, 3.8) is 0 Å². The first-order valence-electron chi connectivity index (χ1n) is 2.73. The maximum absolute atomic E-state index is 2.40.